The number of benzene rings is 3. The summed E-state index contributed by atoms with van der Waals surface area (Å²) in [5.41, 5.74) is 8.78. The normalized spacial score (nSPS) is 14.0. The predicted molar refractivity (Wildman–Crippen MR) is 153 cm³/mol. The van der Waals surface area contributed by atoms with Gasteiger partial charge in [-0.1, -0.05) is 47.6 Å². The molecule has 0 amide bonds. The van der Waals surface area contributed by atoms with Gasteiger partial charge in [-0.2, -0.15) is 4.98 Å². The van der Waals surface area contributed by atoms with Crippen LogP contribution in [-0.4, -0.2) is 50.9 Å². The quantitative estimate of drug-likeness (QED) is 0.266. The number of hydrogen-bond acceptors (Lipinski definition) is 6. The number of aryl methyl sites for hydroxylation is 2. The van der Waals surface area contributed by atoms with Crippen LogP contribution in [0.3, 0.4) is 0 Å². The molecule has 2 aromatic heterocycles. The second kappa shape index (κ2) is 10.3. The van der Waals surface area contributed by atoms with Crippen LogP contribution in [0.4, 0.5) is 0 Å². The van der Waals surface area contributed by atoms with Crippen molar-refractivity contribution in [3.05, 3.63) is 88.6 Å². The fourth-order valence-electron chi connectivity index (χ4n) is 5.46. The van der Waals surface area contributed by atoms with Crippen molar-refractivity contribution in [3.63, 3.8) is 0 Å². The largest absolute Gasteiger partial charge is 0.497 e. The van der Waals surface area contributed by atoms with Crippen LogP contribution in [0.25, 0.3) is 33.7 Å². The van der Waals surface area contributed by atoms with E-state index in [1.807, 2.05) is 36.4 Å². The number of ether oxygens (including phenoxy) is 1. The molecular weight excluding hydrogens is 504 g/mol. The maximum Gasteiger partial charge on any atom is 0.309 e. The van der Waals surface area contributed by atoms with Crippen LogP contribution in [0.1, 0.15) is 27.9 Å². The maximum absolute atomic E-state index is 11.1. The van der Waals surface area contributed by atoms with Crippen LogP contribution in [0.2, 0.25) is 0 Å². The van der Waals surface area contributed by atoms with Crippen molar-refractivity contribution >= 4 is 16.9 Å². The molecule has 8 nitrogen and oxygen atoms in total. The summed E-state index contributed by atoms with van der Waals surface area (Å²) >= 11 is 0. The van der Waals surface area contributed by atoms with Crippen LogP contribution < -0.4 is 4.74 Å². The summed E-state index contributed by atoms with van der Waals surface area (Å²) in [5, 5.41) is 14.4. The zero-order valence-electron chi connectivity index (χ0n) is 23.1. The SMILES string of the molecule is COc1ccc2c(c1)c(-c1nc(-c3ccc(CN4CC(C(=O)O)C4)cc3)no1)c(C)n2Cc1ccc(C)c(C)c1. The molecule has 1 saturated heterocycles. The molecule has 0 bridgehead atoms. The summed E-state index contributed by atoms with van der Waals surface area (Å²) in [5.74, 6) is 0.779. The summed E-state index contributed by atoms with van der Waals surface area (Å²) in [4.78, 5) is 18.0. The summed E-state index contributed by atoms with van der Waals surface area (Å²) in [7, 11) is 1.67. The van der Waals surface area contributed by atoms with Crippen LogP contribution in [-0.2, 0) is 17.9 Å². The predicted octanol–water partition coefficient (Wildman–Crippen LogP) is 5.86. The van der Waals surface area contributed by atoms with Crippen molar-refractivity contribution in [2.45, 2.75) is 33.9 Å². The van der Waals surface area contributed by atoms with E-state index >= 15 is 0 Å². The van der Waals surface area contributed by atoms with Crippen LogP contribution in [0.5, 0.6) is 5.75 Å². The first-order chi connectivity index (χ1) is 19.3. The van der Waals surface area contributed by atoms with E-state index < -0.39 is 5.97 Å². The molecular formula is C32H32N4O4. The lowest BCUT2D eigenvalue weighted by atomic mass is 9.99. The van der Waals surface area contributed by atoms with Crippen molar-refractivity contribution < 1.29 is 19.2 Å². The van der Waals surface area contributed by atoms with Crippen molar-refractivity contribution in [2.75, 3.05) is 20.2 Å². The Labute approximate surface area is 232 Å². The Morgan fingerprint density at radius 1 is 0.975 bits per heavy atom. The Morgan fingerprint density at radius 2 is 1.73 bits per heavy atom. The van der Waals surface area contributed by atoms with E-state index in [-0.39, 0.29) is 5.92 Å². The third-order valence-electron chi connectivity index (χ3n) is 8.01. The first kappa shape index (κ1) is 25.8. The lowest BCUT2D eigenvalue weighted by molar-refractivity contribution is -0.147. The topological polar surface area (TPSA) is 93.6 Å². The second-order valence-corrected chi connectivity index (χ2v) is 10.7. The minimum Gasteiger partial charge on any atom is -0.497 e. The van der Waals surface area contributed by atoms with Gasteiger partial charge in [0.25, 0.3) is 5.89 Å². The third kappa shape index (κ3) is 4.75. The number of rotatable bonds is 8. The van der Waals surface area contributed by atoms with Gasteiger partial charge in [-0.05, 0) is 61.2 Å². The van der Waals surface area contributed by atoms with Crippen molar-refractivity contribution in [1.29, 1.82) is 0 Å². The Hall–Kier alpha value is -4.43. The first-order valence-electron chi connectivity index (χ1n) is 13.4. The van der Waals surface area contributed by atoms with E-state index in [4.69, 9.17) is 19.4 Å². The summed E-state index contributed by atoms with van der Waals surface area (Å²) in [6.07, 6.45) is 0. The highest BCUT2D eigenvalue weighted by Crippen LogP contribution is 2.37. The Bertz CT molecular complexity index is 1710. The molecule has 0 radical (unpaired) electrons. The third-order valence-corrected chi connectivity index (χ3v) is 8.01. The lowest BCUT2D eigenvalue weighted by Gasteiger charge is -2.36. The number of likely N-dealkylation sites (tertiary alicyclic amines) is 1. The minimum absolute atomic E-state index is 0.257. The van der Waals surface area contributed by atoms with Gasteiger partial charge in [0, 0.05) is 48.3 Å². The van der Waals surface area contributed by atoms with Gasteiger partial charge in [0.2, 0.25) is 5.82 Å². The number of carboxylic acid groups (broad SMARTS) is 1. The monoisotopic (exact) mass is 536 g/mol. The van der Waals surface area contributed by atoms with Gasteiger partial charge in [-0.3, -0.25) is 9.69 Å². The highest BCUT2D eigenvalue weighted by molar-refractivity contribution is 5.97. The minimum atomic E-state index is -0.721. The van der Waals surface area contributed by atoms with E-state index in [0.717, 1.165) is 52.1 Å². The molecule has 5 aromatic rings. The summed E-state index contributed by atoms with van der Waals surface area (Å²) < 4.78 is 13.7. The maximum atomic E-state index is 11.1. The van der Waals surface area contributed by atoms with Gasteiger partial charge in [-0.15, -0.1) is 0 Å². The second-order valence-electron chi connectivity index (χ2n) is 10.7. The van der Waals surface area contributed by atoms with Gasteiger partial charge in [0.1, 0.15) is 5.75 Å². The molecule has 204 valence electrons. The number of methoxy groups -OCH3 is 1. The zero-order chi connectivity index (χ0) is 28.0. The first-order valence-corrected chi connectivity index (χ1v) is 13.4. The van der Waals surface area contributed by atoms with Crippen LogP contribution in [0, 0.1) is 26.7 Å². The Balaban J connectivity index is 1.30. The number of aliphatic carboxylic acids is 1. The number of aromatic nitrogens is 3. The van der Waals surface area contributed by atoms with E-state index in [2.05, 4.69) is 59.7 Å². The molecule has 1 aliphatic heterocycles. The Morgan fingerprint density at radius 3 is 2.42 bits per heavy atom. The van der Waals surface area contributed by atoms with E-state index in [0.29, 0.717) is 24.8 Å². The van der Waals surface area contributed by atoms with Crippen molar-refractivity contribution in [3.8, 4) is 28.6 Å². The molecule has 40 heavy (non-hydrogen) atoms. The number of hydrogen-bond donors (Lipinski definition) is 1. The van der Waals surface area contributed by atoms with Gasteiger partial charge < -0.3 is 18.9 Å². The van der Waals surface area contributed by atoms with Crippen molar-refractivity contribution in [1.82, 2.24) is 19.6 Å². The molecule has 0 spiro atoms. The molecule has 1 N–H and O–H groups in total. The number of carbonyl (C=O) groups is 1. The van der Waals surface area contributed by atoms with Crippen molar-refractivity contribution in [2.24, 2.45) is 5.92 Å². The summed E-state index contributed by atoms with van der Waals surface area (Å²) in [6.45, 7) is 8.99. The molecule has 0 saturated carbocycles. The molecule has 0 atom stereocenters. The lowest BCUT2D eigenvalue weighted by Crippen LogP contribution is -2.49. The highest BCUT2D eigenvalue weighted by Gasteiger charge is 2.32. The average Bonchev–Trinajstić information content (AvgIpc) is 3.50. The molecule has 0 aliphatic carbocycles. The number of fused-ring (bicyclic) bond motifs is 1. The molecule has 3 aromatic carbocycles. The molecule has 0 unspecified atom stereocenters. The average molecular weight is 537 g/mol. The molecule has 1 aliphatic rings. The molecule has 6 rings (SSSR count). The Kier molecular flexibility index (Phi) is 6.64. The van der Waals surface area contributed by atoms with E-state index in [1.54, 1.807) is 7.11 Å². The van der Waals surface area contributed by atoms with Crippen LogP contribution >= 0.6 is 0 Å². The standard InChI is InChI=1S/C32H32N4O4/c1-19-5-6-23(13-20(19)2)16-36-21(3)29(27-14-26(39-4)11-12-28(27)36)31-33-30(34-40-31)24-9-7-22(8-10-24)15-35-17-25(18-35)32(37)38/h5-14,25H,15-18H2,1-4H3,(H,37,38). The highest BCUT2D eigenvalue weighted by atomic mass is 16.5. The number of nitrogens with zero attached hydrogens (tertiary/aromatic N) is 4. The fourth-order valence-corrected chi connectivity index (χ4v) is 5.46. The van der Waals surface area contributed by atoms with E-state index in [1.165, 1.54) is 16.7 Å². The van der Waals surface area contributed by atoms with Gasteiger partial charge in [0.05, 0.1) is 18.6 Å². The molecule has 3 heterocycles. The van der Waals surface area contributed by atoms with Gasteiger partial charge in [0.15, 0.2) is 0 Å². The summed E-state index contributed by atoms with van der Waals surface area (Å²) in [6, 6.07) is 20.7. The molecule has 8 heteroatoms. The smallest absolute Gasteiger partial charge is 0.309 e. The van der Waals surface area contributed by atoms with Gasteiger partial charge >= 0.3 is 5.97 Å². The fraction of sp³-hybridized carbons (Fsp3) is 0.281. The number of carboxylic acids is 1. The van der Waals surface area contributed by atoms with E-state index in [9.17, 15) is 4.79 Å². The van der Waals surface area contributed by atoms with Gasteiger partial charge in [-0.25, -0.2) is 0 Å². The van der Waals surface area contributed by atoms with Crippen LogP contribution in [0.15, 0.2) is 65.2 Å². The molecule has 1 fully saturated rings. The zero-order valence-corrected chi connectivity index (χ0v) is 23.1.